The molecule has 0 amide bonds. The Labute approximate surface area is 119 Å². The quantitative estimate of drug-likeness (QED) is 0.766. The van der Waals surface area contributed by atoms with E-state index < -0.39 is 0 Å². The van der Waals surface area contributed by atoms with E-state index in [1.54, 1.807) is 6.07 Å². The van der Waals surface area contributed by atoms with E-state index in [9.17, 15) is 9.18 Å². The number of hydrogen-bond donors (Lipinski definition) is 0. The van der Waals surface area contributed by atoms with Crippen LogP contribution in [0.2, 0.25) is 0 Å². The third-order valence-corrected chi connectivity index (χ3v) is 3.62. The monoisotopic (exact) mass is 280 g/mol. The molecule has 20 heavy (non-hydrogen) atoms. The van der Waals surface area contributed by atoms with Crippen LogP contribution in [-0.2, 0) is 11.3 Å². The minimum Gasteiger partial charge on any atom is -0.465 e. The number of alkyl halides is 1. The average molecular weight is 280 g/mol. The van der Waals surface area contributed by atoms with Crippen molar-refractivity contribution in [3.8, 4) is 0 Å². The summed E-state index contributed by atoms with van der Waals surface area (Å²) in [4.78, 5) is 16.0. The van der Waals surface area contributed by atoms with Crippen LogP contribution in [0.25, 0.3) is 0 Å². The topological polar surface area (TPSA) is 32.8 Å². The highest BCUT2D eigenvalue weighted by Gasteiger charge is 2.16. The summed E-state index contributed by atoms with van der Waals surface area (Å²) in [7, 11) is 1.39. The highest BCUT2D eigenvalue weighted by atomic mass is 19.1. The molecule has 5 heteroatoms. The fraction of sp³-hybridized carbons (Fsp3) is 0.533. The molecule has 0 aromatic heterocycles. The summed E-state index contributed by atoms with van der Waals surface area (Å²) in [5.41, 5.74) is 1.69. The number of carbonyl (C=O) groups excluding carboxylic acids is 1. The van der Waals surface area contributed by atoms with Gasteiger partial charge in [-0.1, -0.05) is 12.1 Å². The SMILES string of the molecule is COC(=O)c1cccc(CN2CCN(CCF)CC2)c1. The zero-order valence-corrected chi connectivity index (χ0v) is 11.8. The van der Waals surface area contributed by atoms with Gasteiger partial charge in [-0.25, -0.2) is 9.18 Å². The van der Waals surface area contributed by atoms with Crippen LogP contribution >= 0.6 is 0 Å². The minimum absolute atomic E-state index is 0.277. The zero-order valence-electron chi connectivity index (χ0n) is 11.8. The summed E-state index contributed by atoms with van der Waals surface area (Å²) in [6.45, 7) is 4.74. The van der Waals surface area contributed by atoms with E-state index in [2.05, 4.69) is 9.80 Å². The van der Waals surface area contributed by atoms with Crippen molar-refractivity contribution in [3.63, 3.8) is 0 Å². The molecule has 110 valence electrons. The summed E-state index contributed by atoms with van der Waals surface area (Å²) in [6, 6.07) is 7.52. The van der Waals surface area contributed by atoms with Gasteiger partial charge in [0.25, 0.3) is 0 Å². The van der Waals surface area contributed by atoms with E-state index in [0.29, 0.717) is 12.1 Å². The number of methoxy groups -OCH3 is 1. The molecule has 1 heterocycles. The molecule has 0 bridgehead atoms. The van der Waals surface area contributed by atoms with Crippen molar-refractivity contribution < 1.29 is 13.9 Å². The van der Waals surface area contributed by atoms with Crippen molar-refractivity contribution >= 4 is 5.97 Å². The Hall–Kier alpha value is -1.46. The molecular weight excluding hydrogens is 259 g/mol. The first-order chi connectivity index (χ1) is 9.72. The van der Waals surface area contributed by atoms with Gasteiger partial charge in [0.2, 0.25) is 0 Å². The molecule has 1 saturated heterocycles. The van der Waals surface area contributed by atoms with E-state index in [-0.39, 0.29) is 12.6 Å². The Morgan fingerprint density at radius 1 is 1.25 bits per heavy atom. The molecule has 1 aromatic rings. The molecule has 0 aliphatic carbocycles. The number of carbonyl (C=O) groups is 1. The summed E-state index contributed by atoms with van der Waals surface area (Å²) in [5.74, 6) is -0.306. The lowest BCUT2D eigenvalue weighted by Crippen LogP contribution is -2.46. The number of benzene rings is 1. The standard InChI is InChI=1S/C15H21FN2O2/c1-20-15(19)14-4-2-3-13(11-14)12-18-9-7-17(6-5-16)8-10-18/h2-4,11H,5-10,12H2,1H3. The number of rotatable bonds is 5. The molecule has 0 unspecified atom stereocenters. The first kappa shape index (κ1) is 14.9. The zero-order chi connectivity index (χ0) is 14.4. The molecule has 4 nitrogen and oxygen atoms in total. The summed E-state index contributed by atoms with van der Waals surface area (Å²) >= 11 is 0. The van der Waals surface area contributed by atoms with Gasteiger partial charge >= 0.3 is 5.97 Å². The van der Waals surface area contributed by atoms with Gasteiger partial charge < -0.3 is 4.74 Å². The Balaban J connectivity index is 1.89. The van der Waals surface area contributed by atoms with Gasteiger partial charge in [0.05, 0.1) is 12.7 Å². The molecule has 0 saturated carbocycles. The van der Waals surface area contributed by atoms with Crippen LogP contribution in [0.15, 0.2) is 24.3 Å². The van der Waals surface area contributed by atoms with Crippen LogP contribution in [0.1, 0.15) is 15.9 Å². The van der Waals surface area contributed by atoms with E-state index in [4.69, 9.17) is 4.74 Å². The Bertz CT molecular complexity index is 445. The van der Waals surface area contributed by atoms with Crippen LogP contribution in [-0.4, -0.2) is 62.3 Å². The number of nitrogens with zero attached hydrogens (tertiary/aromatic N) is 2. The van der Waals surface area contributed by atoms with Crippen molar-refractivity contribution in [1.82, 2.24) is 9.80 Å². The highest BCUT2D eigenvalue weighted by Crippen LogP contribution is 2.11. The molecule has 0 atom stereocenters. The van der Waals surface area contributed by atoms with Gasteiger partial charge in [0.15, 0.2) is 0 Å². The predicted octanol–water partition coefficient (Wildman–Crippen LogP) is 1.56. The lowest BCUT2D eigenvalue weighted by atomic mass is 10.1. The molecule has 0 N–H and O–H groups in total. The van der Waals surface area contributed by atoms with Crippen LogP contribution in [0, 0.1) is 0 Å². The van der Waals surface area contributed by atoms with Crippen molar-refractivity contribution in [2.24, 2.45) is 0 Å². The lowest BCUT2D eigenvalue weighted by Gasteiger charge is -2.34. The number of halogens is 1. The van der Waals surface area contributed by atoms with Gasteiger partial charge in [-0.3, -0.25) is 9.80 Å². The normalized spacial score (nSPS) is 17.1. The second kappa shape index (κ2) is 7.36. The van der Waals surface area contributed by atoms with E-state index in [0.717, 1.165) is 38.3 Å². The number of esters is 1. The second-order valence-corrected chi connectivity index (χ2v) is 5.00. The lowest BCUT2D eigenvalue weighted by molar-refractivity contribution is 0.0600. The molecule has 1 aliphatic rings. The van der Waals surface area contributed by atoms with Gasteiger partial charge in [0.1, 0.15) is 6.67 Å². The molecule has 0 spiro atoms. The number of piperazine rings is 1. The van der Waals surface area contributed by atoms with Crippen molar-refractivity contribution in [3.05, 3.63) is 35.4 Å². The van der Waals surface area contributed by atoms with Gasteiger partial charge in [0, 0.05) is 39.3 Å². The Morgan fingerprint density at radius 3 is 2.60 bits per heavy atom. The maximum absolute atomic E-state index is 12.3. The summed E-state index contributed by atoms with van der Waals surface area (Å²) < 4.78 is 17.0. The van der Waals surface area contributed by atoms with Crippen LogP contribution in [0.5, 0.6) is 0 Å². The van der Waals surface area contributed by atoms with Crippen molar-refractivity contribution in [2.45, 2.75) is 6.54 Å². The Morgan fingerprint density at radius 2 is 1.95 bits per heavy atom. The highest BCUT2D eigenvalue weighted by molar-refractivity contribution is 5.89. The smallest absolute Gasteiger partial charge is 0.337 e. The van der Waals surface area contributed by atoms with E-state index in [1.165, 1.54) is 7.11 Å². The summed E-state index contributed by atoms with van der Waals surface area (Å²) in [6.07, 6.45) is 0. The van der Waals surface area contributed by atoms with Gasteiger partial charge in [-0.05, 0) is 17.7 Å². The summed E-state index contributed by atoms with van der Waals surface area (Å²) in [5, 5.41) is 0. The minimum atomic E-state index is -0.306. The third-order valence-electron chi connectivity index (χ3n) is 3.62. The molecule has 0 radical (unpaired) electrons. The van der Waals surface area contributed by atoms with Crippen molar-refractivity contribution in [2.75, 3.05) is 46.5 Å². The third kappa shape index (κ3) is 4.02. The molecule has 1 aromatic carbocycles. The number of hydrogen-bond acceptors (Lipinski definition) is 4. The molecule has 1 aliphatic heterocycles. The van der Waals surface area contributed by atoms with Crippen molar-refractivity contribution in [1.29, 1.82) is 0 Å². The fourth-order valence-corrected chi connectivity index (χ4v) is 2.46. The number of ether oxygens (including phenoxy) is 1. The fourth-order valence-electron chi connectivity index (χ4n) is 2.46. The van der Waals surface area contributed by atoms with E-state index in [1.807, 2.05) is 18.2 Å². The first-order valence-electron chi connectivity index (χ1n) is 6.91. The molecule has 2 rings (SSSR count). The molecule has 1 fully saturated rings. The average Bonchev–Trinajstić information content (AvgIpc) is 2.49. The van der Waals surface area contributed by atoms with Crippen LogP contribution < -0.4 is 0 Å². The Kier molecular flexibility index (Phi) is 5.49. The van der Waals surface area contributed by atoms with Crippen LogP contribution in [0.3, 0.4) is 0 Å². The second-order valence-electron chi connectivity index (χ2n) is 5.00. The predicted molar refractivity (Wildman–Crippen MR) is 75.5 cm³/mol. The van der Waals surface area contributed by atoms with Crippen LogP contribution in [0.4, 0.5) is 4.39 Å². The largest absolute Gasteiger partial charge is 0.465 e. The van der Waals surface area contributed by atoms with E-state index >= 15 is 0 Å². The van der Waals surface area contributed by atoms with Gasteiger partial charge in [-0.2, -0.15) is 0 Å². The first-order valence-corrected chi connectivity index (χ1v) is 6.91. The molecular formula is C15H21FN2O2. The maximum atomic E-state index is 12.3. The maximum Gasteiger partial charge on any atom is 0.337 e. The van der Waals surface area contributed by atoms with Gasteiger partial charge in [-0.15, -0.1) is 0 Å².